The molecule has 0 aromatic heterocycles. The molecule has 107 valence electrons. The van der Waals surface area contributed by atoms with Crippen molar-refractivity contribution in [2.45, 2.75) is 20.0 Å². The Hall–Kier alpha value is -1.03. The highest BCUT2D eigenvalue weighted by Gasteiger charge is 2.45. The van der Waals surface area contributed by atoms with Gasteiger partial charge in [0.15, 0.2) is 0 Å². The molecule has 4 nitrogen and oxygen atoms in total. The van der Waals surface area contributed by atoms with E-state index in [4.69, 9.17) is 9.05 Å². The second kappa shape index (κ2) is 4.76. The fraction of sp³-hybridized carbons (Fsp3) is 0.333. The van der Waals surface area contributed by atoms with Crippen molar-refractivity contribution < 1.29 is 18.8 Å². The van der Waals surface area contributed by atoms with Crippen LogP contribution in [-0.4, -0.2) is 16.4 Å². The normalized spacial score (nSPS) is 24.7. The Balaban J connectivity index is 2.13. The zero-order chi connectivity index (χ0) is 14.4. The minimum absolute atomic E-state index is 0.252. The van der Waals surface area contributed by atoms with E-state index in [2.05, 4.69) is 0 Å². The van der Waals surface area contributed by atoms with Crippen LogP contribution < -0.4 is 0 Å². The summed E-state index contributed by atoms with van der Waals surface area (Å²) in [6, 6.07) is 14.0. The van der Waals surface area contributed by atoms with Gasteiger partial charge in [-0.1, -0.05) is 56.3 Å². The third kappa shape index (κ3) is 2.46. The number of rotatable bonds is 1. The molecule has 2 aromatic rings. The summed E-state index contributed by atoms with van der Waals surface area (Å²) in [4.78, 5) is 19.5. The minimum Gasteiger partial charge on any atom is -0.314 e. The van der Waals surface area contributed by atoms with Gasteiger partial charge in [0.2, 0.25) is 0 Å². The topological polar surface area (TPSA) is 58.9 Å². The monoisotopic (exact) mass is 293 g/mol. The summed E-state index contributed by atoms with van der Waals surface area (Å²) in [6.45, 7) is 4.25. The third-order valence-electron chi connectivity index (χ3n) is 3.66. The van der Waals surface area contributed by atoms with E-state index in [0.717, 1.165) is 16.3 Å². The van der Waals surface area contributed by atoms with E-state index >= 15 is 0 Å². The van der Waals surface area contributed by atoms with Gasteiger partial charge in [0, 0.05) is 5.41 Å². The molecule has 3 rings (SSSR count). The van der Waals surface area contributed by atoms with E-state index in [9.17, 15) is 9.79 Å². The van der Waals surface area contributed by atoms with Crippen molar-refractivity contribution in [3.05, 3.63) is 48.0 Å². The number of hydrogen-bond acceptors (Lipinski definition) is 4. The SMILES string of the molecule is CC1(C)CO[P](O)(O)OC1c1cccc2ccccc12. The lowest BCUT2D eigenvalue weighted by atomic mass is 9.82. The van der Waals surface area contributed by atoms with Crippen LogP contribution in [0.15, 0.2) is 42.5 Å². The average Bonchev–Trinajstić information content (AvgIpc) is 2.41. The zero-order valence-corrected chi connectivity index (χ0v) is 12.4. The van der Waals surface area contributed by atoms with Gasteiger partial charge in [0.05, 0.1) is 6.61 Å². The Bertz CT molecular complexity index is 633. The van der Waals surface area contributed by atoms with E-state index in [-0.39, 0.29) is 12.0 Å². The van der Waals surface area contributed by atoms with Crippen molar-refractivity contribution in [2.24, 2.45) is 5.41 Å². The molecule has 0 spiro atoms. The highest BCUT2D eigenvalue weighted by molar-refractivity contribution is 7.54. The second-order valence-electron chi connectivity index (χ2n) is 5.81. The summed E-state index contributed by atoms with van der Waals surface area (Å²) in [5, 5.41) is 2.17. The molecule has 0 bridgehead atoms. The molecule has 2 aromatic carbocycles. The Morgan fingerprint density at radius 1 is 1.10 bits per heavy atom. The molecule has 0 amide bonds. The van der Waals surface area contributed by atoms with Crippen molar-refractivity contribution >= 4 is 18.9 Å². The molecule has 1 aliphatic rings. The molecule has 20 heavy (non-hydrogen) atoms. The van der Waals surface area contributed by atoms with Gasteiger partial charge in [-0.25, -0.2) is 0 Å². The Morgan fingerprint density at radius 3 is 2.60 bits per heavy atom. The van der Waals surface area contributed by atoms with Crippen LogP contribution in [0.3, 0.4) is 0 Å². The molecule has 1 heterocycles. The van der Waals surface area contributed by atoms with Gasteiger partial charge in [-0.05, 0) is 16.3 Å². The number of benzene rings is 2. The minimum atomic E-state index is -3.72. The fourth-order valence-electron chi connectivity index (χ4n) is 2.59. The maximum absolute atomic E-state index is 9.73. The lowest BCUT2D eigenvalue weighted by Gasteiger charge is -2.43. The van der Waals surface area contributed by atoms with Crippen LogP contribution in [0.2, 0.25) is 0 Å². The average molecular weight is 293 g/mol. The predicted molar refractivity (Wildman–Crippen MR) is 78.9 cm³/mol. The summed E-state index contributed by atoms with van der Waals surface area (Å²) < 4.78 is 10.5. The Kier molecular flexibility index (Phi) is 3.32. The standard InChI is InChI=1S/C15H18O4P/c1-15(2)10-18-20(16,17)19-14(15)13-9-5-7-11-6-3-4-8-12(11)13/h3-9,14,16-17H,10H2,1-2H3. The van der Waals surface area contributed by atoms with E-state index in [0.29, 0.717) is 0 Å². The highest BCUT2D eigenvalue weighted by Crippen LogP contribution is 2.63. The first-order valence-corrected chi connectivity index (χ1v) is 8.07. The first kappa shape index (κ1) is 13.9. The van der Waals surface area contributed by atoms with Gasteiger partial charge in [0.25, 0.3) is 0 Å². The highest BCUT2D eigenvalue weighted by atomic mass is 31.2. The van der Waals surface area contributed by atoms with Crippen molar-refractivity contribution in [3.63, 3.8) is 0 Å². The Morgan fingerprint density at radius 2 is 1.80 bits per heavy atom. The molecular weight excluding hydrogens is 275 g/mol. The molecule has 1 unspecified atom stereocenters. The molecule has 1 fully saturated rings. The molecule has 1 aliphatic heterocycles. The third-order valence-corrected chi connectivity index (χ3v) is 4.61. The van der Waals surface area contributed by atoms with Gasteiger partial charge >= 0.3 is 8.17 Å². The lowest BCUT2D eigenvalue weighted by Crippen LogP contribution is -2.34. The molecule has 0 aliphatic carbocycles. The molecule has 1 saturated heterocycles. The van der Waals surface area contributed by atoms with Crippen molar-refractivity contribution in [3.8, 4) is 0 Å². The summed E-state index contributed by atoms with van der Waals surface area (Å²) in [6.07, 6.45) is -0.411. The lowest BCUT2D eigenvalue weighted by molar-refractivity contribution is -0.0626. The first-order valence-electron chi connectivity index (χ1n) is 6.54. The molecular formula is C15H18O4P. The van der Waals surface area contributed by atoms with Gasteiger partial charge < -0.3 is 9.79 Å². The van der Waals surface area contributed by atoms with Gasteiger partial charge in [-0.3, -0.25) is 9.05 Å². The van der Waals surface area contributed by atoms with Crippen LogP contribution in [0.5, 0.6) is 0 Å². The summed E-state index contributed by atoms with van der Waals surface area (Å²) in [7, 11) is -3.72. The smallest absolute Gasteiger partial charge is 0.314 e. The van der Waals surface area contributed by atoms with Crippen LogP contribution in [0.25, 0.3) is 10.8 Å². The van der Waals surface area contributed by atoms with Crippen molar-refractivity contribution in [1.82, 2.24) is 0 Å². The molecule has 1 atom stereocenters. The second-order valence-corrected chi connectivity index (χ2v) is 7.26. The van der Waals surface area contributed by atoms with E-state index in [1.807, 2.05) is 56.3 Å². The van der Waals surface area contributed by atoms with Crippen LogP contribution in [0.1, 0.15) is 25.5 Å². The quantitative estimate of drug-likeness (QED) is 0.788. The maximum atomic E-state index is 9.73. The van der Waals surface area contributed by atoms with Crippen molar-refractivity contribution in [1.29, 1.82) is 0 Å². The molecule has 5 heteroatoms. The van der Waals surface area contributed by atoms with Crippen LogP contribution >= 0.6 is 8.17 Å². The summed E-state index contributed by atoms with van der Waals surface area (Å²) in [5.74, 6) is 0. The largest absolute Gasteiger partial charge is 0.375 e. The summed E-state index contributed by atoms with van der Waals surface area (Å²) >= 11 is 0. The van der Waals surface area contributed by atoms with E-state index in [1.54, 1.807) is 0 Å². The van der Waals surface area contributed by atoms with Gasteiger partial charge in [-0.2, -0.15) is 0 Å². The number of fused-ring (bicyclic) bond motifs is 1. The van der Waals surface area contributed by atoms with E-state index in [1.165, 1.54) is 0 Å². The molecule has 1 radical (unpaired) electrons. The van der Waals surface area contributed by atoms with Crippen LogP contribution in [-0.2, 0) is 9.05 Å². The van der Waals surface area contributed by atoms with Crippen molar-refractivity contribution in [2.75, 3.05) is 6.61 Å². The maximum Gasteiger partial charge on any atom is 0.375 e. The Labute approximate surface area is 118 Å². The molecule has 0 saturated carbocycles. The van der Waals surface area contributed by atoms with Crippen LogP contribution in [0.4, 0.5) is 0 Å². The first-order chi connectivity index (χ1) is 9.39. The number of hydrogen-bond donors (Lipinski definition) is 2. The van der Waals surface area contributed by atoms with Crippen LogP contribution in [0, 0.1) is 5.41 Å². The zero-order valence-electron chi connectivity index (χ0n) is 11.5. The molecule has 2 N–H and O–H groups in total. The predicted octanol–water partition coefficient (Wildman–Crippen LogP) is 3.62. The van der Waals surface area contributed by atoms with E-state index < -0.39 is 14.3 Å². The summed E-state index contributed by atoms with van der Waals surface area (Å²) in [5.41, 5.74) is 0.628. The van der Waals surface area contributed by atoms with Gasteiger partial charge in [0.1, 0.15) is 6.10 Å². The fourth-order valence-corrected chi connectivity index (χ4v) is 3.83. The van der Waals surface area contributed by atoms with Gasteiger partial charge in [-0.15, -0.1) is 0 Å².